The molecule has 1 heterocycles. The van der Waals surface area contributed by atoms with Crippen LogP contribution in [0.2, 0.25) is 0 Å². The number of benzene rings is 1. The fourth-order valence-corrected chi connectivity index (χ4v) is 2.58. The number of halogens is 2. The van der Waals surface area contributed by atoms with Gasteiger partial charge in [-0.2, -0.15) is 5.26 Å². The van der Waals surface area contributed by atoms with E-state index in [-0.39, 0.29) is 0 Å². The Morgan fingerprint density at radius 1 is 1.37 bits per heavy atom. The van der Waals surface area contributed by atoms with Gasteiger partial charge in [0.25, 0.3) is 0 Å². The number of nitrogens with two attached hydrogens (primary N) is 1. The second-order valence-electron chi connectivity index (χ2n) is 4.07. The smallest absolute Gasteiger partial charge is 0.196 e. The van der Waals surface area contributed by atoms with E-state index in [1.807, 2.05) is 11.0 Å². The first-order chi connectivity index (χ1) is 9.13. The van der Waals surface area contributed by atoms with Gasteiger partial charge in [0, 0.05) is 30.7 Å². The number of rotatable bonds is 1. The van der Waals surface area contributed by atoms with Crippen molar-refractivity contribution < 1.29 is 0 Å². The number of hydrogen-bond acceptors (Lipinski definition) is 3. The highest BCUT2D eigenvalue weighted by atomic mass is 79.9. The van der Waals surface area contributed by atoms with E-state index in [2.05, 4.69) is 48.2 Å². The second kappa shape index (κ2) is 6.37. The molecule has 5 nitrogen and oxygen atoms in total. The van der Waals surface area contributed by atoms with Gasteiger partial charge in [0.1, 0.15) is 6.07 Å². The zero-order valence-electron chi connectivity index (χ0n) is 10.2. The summed E-state index contributed by atoms with van der Waals surface area (Å²) < 4.78 is 1.52. The van der Waals surface area contributed by atoms with Crippen molar-refractivity contribution in [2.45, 2.75) is 0 Å². The summed E-state index contributed by atoms with van der Waals surface area (Å²) in [4.78, 5) is 6.38. The number of guanidine groups is 1. The van der Waals surface area contributed by atoms with Gasteiger partial charge in [-0.05, 0) is 44.0 Å². The Morgan fingerprint density at radius 2 is 2.05 bits per heavy atom. The summed E-state index contributed by atoms with van der Waals surface area (Å²) in [6, 6.07) is 5.76. The maximum absolute atomic E-state index is 9.21. The molecule has 0 unspecified atom stereocenters. The molecule has 1 aliphatic heterocycles. The van der Waals surface area contributed by atoms with E-state index in [0.717, 1.165) is 30.7 Å². The molecule has 1 aromatic carbocycles. The topological polar surface area (TPSA) is 77.4 Å². The fourth-order valence-electron chi connectivity index (χ4n) is 1.83. The van der Waals surface area contributed by atoms with Crippen LogP contribution in [0.15, 0.2) is 26.1 Å². The predicted octanol–water partition coefficient (Wildman–Crippen LogP) is 1.93. The van der Waals surface area contributed by atoms with E-state index in [4.69, 9.17) is 5.73 Å². The molecule has 1 fully saturated rings. The fraction of sp³-hybridized carbons (Fsp3) is 0.333. The van der Waals surface area contributed by atoms with Crippen molar-refractivity contribution in [3.8, 4) is 6.07 Å². The second-order valence-corrected chi connectivity index (χ2v) is 5.72. The highest BCUT2D eigenvalue weighted by Crippen LogP contribution is 2.33. The van der Waals surface area contributed by atoms with Crippen molar-refractivity contribution in [3.63, 3.8) is 0 Å². The number of aliphatic imine (C=N–C) groups is 1. The molecule has 100 valence electrons. The minimum atomic E-state index is 0.451. The predicted molar refractivity (Wildman–Crippen MR) is 82.3 cm³/mol. The third kappa shape index (κ3) is 3.26. The lowest BCUT2D eigenvalue weighted by Gasteiger charge is -2.28. The normalized spacial score (nSPS) is 16.3. The van der Waals surface area contributed by atoms with Crippen LogP contribution >= 0.6 is 31.9 Å². The molecule has 0 spiro atoms. The zero-order valence-corrected chi connectivity index (χ0v) is 13.3. The van der Waals surface area contributed by atoms with Crippen molar-refractivity contribution in [2.75, 3.05) is 26.2 Å². The van der Waals surface area contributed by atoms with Crippen molar-refractivity contribution in [2.24, 2.45) is 10.7 Å². The summed E-state index contributed by atoms with van der Waals surface area (Å²) in [5, 5.41) is 12.5. The average Bonchev–Trinajstić information content (AvgIpc) is 2.44. The van der Waals surface area contributed by atoms with Crippen molar-refractivity contribution in [3.05, 3.63) is 26.6 Å². The summed E-state index contributed by atoms with van der Waals surface area (Å²) >= 11 is 6.74. The van der Waals surface area contributed by atoms with Crippen LogP contribution in [0, 0.1) is 11.3 Å². The maximum atomic E-state index is 9.21. The molecule has 0 radical (unpaired) electrons. The van der Waals surface area contributed by atoms with Crippen LogP contribution in [0.3, 0.4) is 0 Å². The summed E-state index contributed by atoms with van der Waals surface area (Å²) in [7, 11) is 0. The largest absolute Gasteiger partial charge is 0.369 e. The molecule has 1 aliphatic rings. The van der Waals surface area contributed by atoms with E-state index >= 15 is 0 Å². The number of nitrogens with zero attached hydrogens (tertiary/aromatic N) is 3. The van der Waals surface area contributed by atoms with Crippen molar-refractivity contribution in [1.29, 1.82) is 5.26 Å². The third-order valence-corrected chi connectivity index (χ3v) is 4.88. The lowest BCUT2D eigenvalue weighted by molar-refractivity contribution is 0.354. The zero-order chi connectivity index (χ0) is 13.8. The Hall–Kier alpha value is -1.10. The Kier molecular flexibility index (Phi) is 4.80. The Morgan fingerprint density at radius 3 is 2.68 bits per heavy atom. The van der Waals surface area contributed by atoms with Crippen LogP contribution < -0.4 is 11.1 Å². The molecule has 7 heteroatoms. The van der Waals surface area contributed by atoms with Crippen LogP contribution in [-0.4, -0.2) is 37.0 Å². The van der Waals surface area contributed by atoms with Gasteiger partial charge in [0.05, 0.1) is 15.7 Å². The first kappa shape index (κ1) is 14.3. The van der Waals surface area contributed by atoms with Gasteiger partial charge >= 0.3 is 0 Å². The monoisotopic (exact) mass is 385 g/mol. The standard InChI is InChI=1S/C12H13Br2N5/c13-9-1-2-10(8(7-15)11(9)14)18-12(16)19-5-3-17-4-6-19/h1-2,17H,3-6H2,(H2,16,18). The molecule has 1 aromatic rings. The first-order valence-electron chi connectivity index (χ1n) is 5.81. The molecular weight excluding hydrogens is 374 g/mol. The maximum Gasteiger partial charge on any atom is 0.196 e. The van der Waals surface area contributed by atoms with Crippen LogP contribution in [-0.2, 0) is 0 Å². The van der Waals surface area contributed by atoms with E-state index in [9.17, 15) is 5.26 Å². The molecule has 3 N–H and O–H groups in total. The van der Waals surface area contributed by atoms with Gasteiger partial charge in [-0.25, -0.2) is 4.99 Å². The molecule has 19 heavy (non-hydrogen) atoms. The number of nitriles is 1. The van der Waals surface area contributed by atoms with Gasteiger partial charge in [0.15, 0.2) is 5.96 Å². The first-order valence-corrected chi connectivity index (χ1v) is 7.40. The highest BCUT2D eigenvalue weighted by Gasteiger charge is 2.14. The lowest BCUT2D eigenvalue weighted by Crippen LogP contribution is -2.49. The Labute approximate surface area is 128 Å². The van der Waals surface area contributed by atoms with Crippen LogP contribution in [0.25, 0.3) is 0 Å². The summed E-state index contributed by atoms with van der Waals surface area (Å²) in [5.41, 5.74) is 7.06. The molecular formula is C12H13Br2N5. The van der Waals surface area contributed by atoms with E-state index < -0.39 is 0 Å². The van der Waals surface area contributed by atoms with Crippen LogP contribution in [0.4, 0.5) is 5.69 Å². The molecule has 0 bridgehead atoms. The lowest BCUT2D eigenvalue weighted by atomic mass is 10.2. The molecule has 0 saturated carbocycles. The van der Waals surface area contributed by atoms with Gasteiger partial charge in [-0.15, -0.1) is 0 Å². The Balaban J connectivity index is 2.32. The third-order valence-electron chi connectivity index (χ3n) is 2.86. The molecule has 0 amide bonds. The average molecular weight is 387 g/mol. The molecule has 1 saturated heterocycles. The number of nitrogens with one attached hydrogen (secondary N) is 1. The molecule has 2 rings (SSSR count). The Bertz CT molecular complexity index is 544. The van der Waals surface area contributed by atoms with Gasteiger partial charge in [-0.3, -0.25) is 0 Å². The summed E-state index contributed by atoms with van der Waals surface area (Å²) in [6.45, 7) is 3.44. The van der Waals surface area contributed by atoms with E-state index in [1.165, 1.54) is 0 Å². The highest BCUT2D eigenvalue weighted by molar-refractivity contribution is 9.13. The number of hydrogen-bond donors (Lipinski definition) is 2. The van der Waals surface area contributed by atoms with E-state index in [1.54, 1.807) is 6.07 Å². The van der Waals surface area contributed by atoms with Crippen molar-refractivity contribution >= 4 is 43.5 Å². The van der Waals surface area contributed by atoms with Gasteiger partial charge in [0.2, 0.25) is 0 Å². The molecule has 0 aromatic heterocycles. The summed E-state index contributed by atoms with van der Waals surface area (Å²) in [5.74, 6) is 0.451. The van der Waals surface area contributed by atoms with Gasteiger partial charge in [-0.1, -0.05) is 0 Å². The van der Waals surface area contributed by atoms with E-state index in [0.29, 0.717) is 21.7 Å². The SMILES string of the molecule is N#Cc1c(/N=C(\N)N2CCNCC2)ccc(Br)c1Br. The van der Waals surface area contributed by atoms with Crippen LogP contribution in [0.1, 0.15) is 5.56 Å². The van der Waals surface area contributed by atoms with Crippen LogP contribution in [0.5, 0.6) is 0 Å². The summed E-state index contributed by atoms with van der Waals surface area (Å²) in [6.07, 6.45) is 0. The number of piperazine rings is 1. The van der Waals surface area contributed by atoms with Crippen molar-refractivity contribution in [1.82, 2.24) is 10.2 Å². The molecule has 0 atom stereocenters. The minimum Gasteiger partial charge on any atom is -0.369 e. The minimum absolute atomic E-state index is 0.451. The quantitative estimate of drug-likeness (QED) is 0.571. The molecule has 0 aliphatic carbocycles. The van der Waals surface area contributed by atoms with Gasteiger partial charge < -0.3 is 16.0 Å².